The molecule has 0 saturated carbocycles. The number of carbonyl (C=O) groups is 2. The summed E-state index contributed by atoms with van der Waals surface area (Å²) in [5.74, 6) is -0.0308. The highest BCUT2D eigenvalue weighted by atomic mass is 16.2. The average Bonchev–Trinajstić information content (AvgIpc) is 2.40. The fourth-order valence-electron chi connectivity index (χ4n) is 2.12. The summed E-state index contributed by atoms with van der Waals surface area (Å²) in [6.45, 7) is 11.6. The Labute approximate surface area is 117 Å². The molecule has 1 unspecified atom stereocenters. The standard InChI is InChI=1S/C14H21NO2.C2H6/c1-5-7-10-8-12(13(16)9(3)4)15-14(17)11(10)6-2;1-2/h5,7,9,12H,6,8H2,1-4H3,(H,15,17);1-2H3/b7-5-;. The molecule has 1 rings (SSSR count). The van der Waals surface area contributed by atoms with Crippen molar-refractivity contribution >= 4 is 11.7 Å². The van der Waals surface area contributed by atoms with Crippen molar-refractivity contribution in [3.05, 3.63) is 23.3 Å². The second-order valence-electron chi connectivity index (χ2n) is 4.64. The summed E-state index contributed by atoms with van der Waals surface area (Å²) in [6, 6.07) is -0.357. The van der Waals surface area contributed by atoms with Gasteiger partial charge in [-0.05, 0) is 18.9 Å². The lowest BCUT2D eigenvalue weighted by molar-refractivity contribution is -0.128. The summed E-state index contributed by atoms with van der Waals surface area (Å²) in [6.07, 6.45) is 5.18. The molecule has 1 heterocycles. The van der Waals surface area contributed by atoms with E-state index in [9.17, 15) is 9.59 Å². The second-order valence-corrected chi connectivity index (χ2v) is 4.64. The first-order valence-electron chi connectivity index (χ1n) is 7.20. The van der Waals surface area contributed by atoms with E-state index in [0.29, 0.717) is 12.8 Å². The Kier molecular flexibility index (Phi) is 8.05. The lowest BCUT2D eigenvalue weighted by atomic mass is 9.88. The van der Waals surface area contributed by atoms with Gasteiger partial charge in [0, 0.05) is 17.9 Å². The molecule has 0 aromatic carbocycles. The van der Waals surface area contributed by atoms with Crippen molar-refractivity contribution in [3.63, 3.8) is 0 Å². The van der Waals surface area contributed by atoms with Crippen molar-refractivity contribution < 1.29 is 9.59 Å². The molecule has 3 heteroatoms. The Morgan fingerprint density at radius 3 is 2.42 bits per heavy atom. The van der Waals surface area contributed by atoms with Crippen molar-refractivity contribution in [1.82, 2.24) is 5.32 Å². The predicted molar refractivity (Wildman–Crippen MR) is 79.9 cm³/mol. The monoisotopic (exact) mass is 265 g/mol. The first-order valence-corrected chi connectivity index (χ1v) is 7.20. The molecule has 1 aliphatic rings. The van der Waals surface area contributed by atoms with E-state index in [0.717, 1.165) is 11.1 Å². The minimum Gasteiger partial charge on any atom is -0.342 e. The number of hydrogen-bond acceptors (Lipinski definition) is 2. The smallest absolute Gasteiger partial charge is 0.248 e. The van der Waals surface area contributed by atoms with Crippen LogP contribution in [0.5, 0.6) is 0 Å². The largest absolute Gasteiger partial charge is 0.342 e. The van der Waals surface area contributed by atoms with Gasteiger partial charge < -0.3 is 5.32 Å². The van der Waals surface area contributed by atoms with Gasteiger partial charge in [-0.2, -0.15) is 0 Å². The molecule has 1 amide bonds. The number of Topliss-reactive ketones (excluding diaryl/α,β-unsaturated/α-hetero) is 1. The average molecular weight is 265 g/mol. The topological polar surface area (TPSA) is 46.2 Å². The highest BCUT2D eigenvalue weighted by molar-refractivity contribution is 6.00. The Morgan fingerprint density at radius 1 is 1.42 bits per heavy atom. The third-order valence-electron chi connectivity index (χ3n) is 3.02. The van der Waals surface area contributed by atoms with Gasteiger partial charge in [-0.25, -0.2) is 0 Å². The summed E-state index contributed by atoms with van der Waals surface area (Å²) in [4.78, 5) is 23.8. The normalized spacial score (nSPS) is 19.3. The number of rotatable bonds is 4. The lowest BCUT2D eigenvalue weighted by Crippen LogP contribution is -2.46. The van der Waals surface area contributed by atoms with E-state index < -0.39 is 0 Å². The number of hydrogen-bond donors (Lipinski definition) is 1. The fourth-order valence-corrected chi connectivity index (χ4v) is 2.12. The van der Waals surface area contributed by atoms with Crippen LogP contribution >= 0.6 is 0 Å². The van der Waals surface area contributed by atoms with Crippen LogP contribution in [-0.4, -0.2) is 17.7 Å². The Bertz CT molecular complexity index is 378. The molecule has 0 aliphatic carbocycles. The molecule has 0 saturated heterocycles. The number of carbonyl (C=O) groups excluding carboxylic acids is 2. The number of allylic oxidation sites excluding steroid dienone is 2. The zero-order valence-corrected chi connectivity index (χ0v) is 13.0. The minimum atomic E-state index is -0.357. The van der Waals surface area contributed by atoms with Crippen molar-refractivity contribution in [1.29, 1.82) is 0 Å². The predicted octanol–water partition coefficient (Wildman–Crippen LogP) is 3.41. The van der Waals surface area contributed by atoms with Gasteiger partial charge >= 0.3 is 0 Å². The zero-order valence-electron chi connectivity index (χ0n) is 13.0. The van der Waals surface area contributed by atoms with Crippen molar-refractivity contribution in [2.75, 3.05) is 0 Å². The minimum absolute atomic E-state index is 0.0460. The molecule has 19 heavy (non-hydrogen) atoms. The van der Waals surface area contributed by atoms with Gasteiger partial charge in [-0.15, -0.1) is 0 Å². The highest BCUT2D eigenvalue weighted by Gasteiger charge is 2.30. The van der Waals surface area contributed by atoms with E-state index in [4.69, 9.17) is 0 Å². The molecule has 1 aliphatic heterocycles. The second kappa shape index (κ2) is 8.68. The molecule has 0 radical (unpaired) electrons. The molecule has 0 spiro atoms. The Balaban J connectivity index is 0.00000154. The first kappa shape index (κ1) is 17.6. The van der Waals surface area contributed by atoms with Gasteiger partial charge in [0.05, 0.1) is 6.04 Å². The SMILES string of the molecule is C/C=C\C1=C(CC)C(=O)NC(C(=O)C(C)C)C1.CC. The number of amides is 1. The summed E-state index contributed by atoms with van der Waals surface area (Å²) in [7, 11) is 0. The van der Waals surface area contributed by atoms with Crippen LogP contribution < -0.4 is 5.32 Å². The van der Waals surface area contributed by atoms with E-state index in [-0.39, 0.29) is 23.7 Å². The van der Waals surface area contributed by atoms with Crippen LogP contribution in [-0.2, 0) is 9.59 Å². The molecular weight excluding hydrogens is 238 g/mol. The maximum absolute atomic E-state index is 11.9. The Morgan fingerprint density at radius 2 is 2.00 bits per heavy atom. The van der Waals surface area contributed by atoms with Crippen LogP contribution in [0, 0.1) is 5.92 Å². The van der Waals surface area contributed by atoms with Crippen molar-refractivity contribution in [2.24, 2.45) is 5.92 Å². The summed E-state index contributed by atoms with van der Waals surface area (Å²) in [5, 5.41) is 2.81. The molecule has 0 aromatic rings. The van der Waals surface area contributed by atoms with E-state index in [1.165, 1.54) is 0 Å². The van der Waals surface area contributed by atoms with Crippen LogP contribution in [0.4, 0.5) is 0 Å². The van der Waals surface area contributed by atoms with Crippen LogP contribution in [0.3, 0.4) is 0 Å². The molecule has 108 valence electrons. The van der Waals surface area contributed by atoms with Crippen LogP contribution in [0.25, 0.3) is 0 Å². The molecule has 1 N–H and O–H groups in total. The fraction of sp³-hybridized carbons (Fsp3) is 0.625. The molecule has 1 atom stereocenters. The maximum atomic E-state index is 11.9. The van der Waals surface area contributed by atoms with Crippen LogP contribution in [0.2, 0.25) is 0 Å². The molecule has 3 nitrogen and oxygen atoms in total. The van der Waals surface area contributed by atoms with Crippen molar-refractivity contribution in [3.8, 4) is 0 Å². The number of nitrogens with one attached hydrogen (secondary N) is 1. The maximum Gasteiger partial charge on any atom is 0.248 e. The summed E-state index contributed by atoms with van der Waals surface area (Å²) < 4.78 is 0. The quantitative estimate of drug-likeness (QED) is 0.846. The summed E-state index contributed by atoms with van der Waals surface area (Å²) in [5.41, 5.74) is 1.80. The number of ketones is 1. The Hall–Kier alpha value is -1.38. The van der Waals surface area contributed by atoms with Gasteiger partial charge in [-0.3, -0.25) is 9.59 Å². The third kappa shape index (κ3) is 4.66. The van der Waals surface area contributed by atoms with E-state index in [2.05, 4.69) is 5.32 Å². The molecule has 0 aromatic heterocycles. The highest BCUT2D eigenvalue weighted by Crippen LogP contribution is 2.23. The van der Waals surface area contributed by atoms with Gasteiger partial charge in [0.1, 0.15) is 0 Å². The first-order chi connectivity index (χ1) is 9.01. The van der Waals surface area contributed by atoms with Gasteiger partial charge in [0.2, 0.25) is 5.91 Å². The molecule has 0 bridgehead atoms. The van der Waals surface area contributed by atoms with E-state index in [1.807, 2.05) is 53.7 Å². The van der Waals surface area contributed by atoms with Crippen LogP contribution in [0.1, 0.15) is 54.4 Å². The van der Waals surface area contributed by atoms with E-state index in [1.54, 1.807) is 0 Å². The molecule has 0 fully saturated rings. The van der Waals surface area contributed by atoms with Gasteiger partial charge in [0.25, 0.3) is 0 Å². The van der Waals surface area contributed by atoms with Crippen molar-refractivity contribution in [2.45, 2.75) is 60.4 Å². The molecular formula is C16H27NO2. The van der Waals surface area contributed by atoms with Gasteiger partial charge in [-0.1, -0.05) is 46.8 Å². The third-order valence-corrected chi connectivity index (χ3v) is 3.02. The van der Waals surface area contributed by atoms with E-state index >= 15 is 0 Å². The lowest BCUT2D eigenvalue weighted by Gasteiger charge is -2.26. The zero-order chi connectivity index (χ0) is 15.0. The summed E-state index contributed by atoms with van der Waals surface area (Å²) >= 11 is 0. The van der Waals surface area contributed by atoms with Gasteiger partial charge in [0.15, 0.2) is 5.78 Å². The van der Waals surface area contributed by atoms with Crippen LogP contribution in [0.15, 0.2) is 23.3 Å².